The van der Waals surface area contributed by atoms with Crippen LogP contribution in [0.2, 0.25) is 0 Å². The molecule has 8 atom stereocenters. The molecule has 5 aliphatic rings. The average molecular weight is 503 g/mol. The van der Waals surface area contributed by atoms with Gasteiger partial charge in [-0.1, -0.05) is 13.8 Å². The second-order valence-electron chi connectivity index (χ2n) is 13.3. The van der Waals surface area contributed by atoms with E-state index in [9.17, 15) is 4.79 Å². The van der Waals surface area contributed by atoms with Gasteiger partial charge in [0.15, 0.2) is 0 Å². The molecule has 3 N–H and O–H groups in total. The number of nitrogens with zero attached hydrogens (tertiary/aromatic N) is 1. The van der Waals surface area contributed by atoms with Gasteiger partial charge in [0.1, 0.15) is 5.78 Å². The molecule has 4 aliphatic carbocycles. The van der Waals surface area contributed by atoms with Crippen LogP contribution in [0.15, 0.2) is 0 Å². The van der Waals surface area contributed by atoms with Crippen molar-refractivity contribution in [2.24, 2.45) is 40.4 Å². The zero-order chi connectivity index (χ0) is 24.9. The van der Waals surface area contributed by atoms with Crippen LogP contribution in [-0.2, 0) is 4.79 Å². The molecule has 0 aromatic heterocycles. The van der Waals surface area contributed by atoms with Gasteiger partial charge in [-0.25, -0.2) is 0 Å². The molecule has 198 valence electrons. The predicted molar refractivity (Wildman–Crippen MR) is 126 cm³/mol. The summed E-state index contributed by atoms with van der Waals surface area (Å²) < 4.78 is 31.6. The fraction of sp³-hybridized carbons (Fsp3) is 0.963. The standard InChI is InChI=1S/C27H46NO.ClH3O4/c1-19(29)23-10-11-24-22-9-8-20-18-21(28(4)16-6-5-7-17-28)12-14-26(20,2)25(22)13-15-27(23,24)3;2-1(3,4)5/h20-25H,5-18H2,1-4H3;2-4H/q+1;. The normalized spacial score (nSPS) is 46.2. The Hall–Kier alpha value is -0.240. The van der Waals surface area contributed by atoms with E-state index in [0.717, 1.165) is 29.7 Å². The fourth-order valence-electron chi connectivity index (χ4n) is 10.1. The Morgan fingerprint density at radius 2 is 1.47 bits per heavy atom. The first kappa shape index (κ1) is 26.8. The van der Waals surface area contributed by atoms with Crippen molar-refractivity contribution in [3.8, 4) is 0 Å². The first-order valence-electron chi connectivity index (χ1n) is 13.8. The van der Waals surface area contributed by atoms with Gasteiger partial charge in [0.2, 0.25) is 0 Å². The zero-order valence-corrected chi connectivity index (χ0v) is 22.6. The van der Waals surface area contributed by atoms with E-state index in [0.29, 0.717) is 22.5 Å². The van der Waals surface area contributed by atoms with E-state index < -0.39 is 10.2 Å². The van der Waals surface area contributed by atoms with Gasteiger partial charge in [-0.3, -0.25) is 4.79 Å². The van der Waals surface area contributed by atoms with Gasteiger partial charge in [-0.05, 0) is 112 Å². The van der Waals surface area contributed by atoms with Crippen molar-refractivity contribution in [2.75, 3.05) is 20.1 Å². The molecule has 1 aliphatic heterocycles. The van der Waals surface area contributed by atoms with E-state index in [4.69, 9.17) is 18.6 Å². The van der Waals surface area contributed by atoms with Crippen LogP contribution >= 0.6 is 0 Å². The van der Waals surface area contributed by atoms with Crippen LogP contribution < -0.4 is 4.66 Å². The van der Waals surface area contributed by atoms with Gasteiger partial charge >= 0.3 is 28.9 Å². The Morgan fingerprint density at radius 1 is 0.882 bits per heavy atom. The third-order valence-corrected chi connectivity index (χ3v) is 11.8. The van der Waals surface area contributed by atoms with E-state index in [1.165, 1.54) is 94.6 Å². The molecule has 1 saturated heterocycles. The number of hydrogen-bond donors (Lipinski definition) is 3. The summed E-state index contributed by atoms with van der Waals surface area (Å²) in [4.78, 5) is 12.4. The van der Waals surface area contributed by atoms with Crippen LogP contribution in [0.1, 0.15) is 97.8 Å². The number of hydrogen-bond acceptors (Lipinski definition) is 5. The third-order valence-electron chi connectivity index (χ3n) is 11.8. The first-order chi connectivity index (χ1) is 15.8. The molecule has 34 heavy (non-hydrogen) atoms. The molecule has 7 heteroatoms. The minimum absolute atomic E-state index is 0.319. The minimum atomic E-state index is -4.19. The third kappa shape index (κ3) is 4.97. The number of fused-ring (bicyclic) bond motifs is 5. The quantitative estimate of drug-likeness (QED) is 0.502. The number of rotatable bonds is 2. The molecule has 8 unspecified atom stereocenters. The summed E-state index contributed by atoms with van der Waals surface area (Å²) in [6.45, 7) is 9.95. The number of carbonyl (C=O) groups is 1. The molecule has 0 aromatic carbocycles. The summed E-state index contributed by atoms with van der Waals surface area (Å²) in [5.41, 5.74) is 0.907. The molecule has 1 heterocycles. The monoisotopic (exact) mass is 502 g/mol. The van der Waals surface area contributed by atoms with Crippen molar-refractivity contribution in [1.29, 1.82) is 0 Å². The summed E-state index contributed by atoms with van der Waals surface area (Å²) in [5, 5.41) is 0. The molecule has 0 spiro atoms. The summed E-state index contributed by atoms with van der Waals surface area (Å²) in [5.74, 6) is 4.49. The zero-order valence-electron chi connectivity index (χ0n) is 21.8. The second-order valence-corrected chi connectivity index (χ2v) is 14.2. The first-order valence-corrected chi connectivity index (χ1v) is 15.1. The Labute approximate surface area is 208 Å². The van der Waals surface area contributed by atoms with Gasteiger partial charge in [-0.15, -0.1) is 0 Å². The Bertz CT molecular complexity index is 744. The van der Waals surface area contributed by atoms with Crippen LogP contribution in [0.3, 0.4) is 0 Å². The van der Waals surface area contributed by atoms with Gasteiger partial charge in [-0.2, -0.15) is 0 Å². The van der Waals surface area contributed by atoms with Gasteiger partial charge in [0, 0.05) is 12.3 Å². The molecular weight excluding hydrogens is 454 g/mol. The molecule has 0 radical (unpaired) electrons. The van der Waals surface area contributed by atoms with E-state index in [1.807, 2.05) is 6.92 Å². The molecular formula is C27H49ClNO5+. The van der Waals surface area contributed by atoms with Crippen molar-refractivity contribution >= 4 is 5.78 Å². The SMILES string of the molecule is CC(=O)C1CCC2C3CCC4CC([N+]5(C)CCCCC5)CCC4(C)C3CCC12C.[O-][Cl+](O)(O)O. The van der Waals surface area contributed by atoms with Crippen molar-refractivity contribution in [3.05, 3.63) is 0 Å². The number of carbonyl (C=O) groups excluding carboxylic acids is 1. The van der Waals surface area contributed by atoms with Crippen molar-refractivity contribution < 1.29 is 38.2 Å². The number of piperidine rings is 1. The summed E-state index contributed by atoms with van der Waals surface area (Å²) >= 11 is 0. The van der Waals surface area contributed by atoms with E-state index in [2.05, 4.69) is 20.9 Å². The average Bonchev–Trinajstić information content (AvgIpc) is 3.10. The van der Waals surface area contributed by atoms with E-state index in [-0.39, 0.29) is 0 Å². The van der Waals surface area contributed by atoms with Crippen LogP contribution in [0, 0.1) is 50.7 Å². The molecule has 4 saturated carbocycles. The van der Waals surface area contributed by atoms with Crippen LogP contribution in [0.25, 0.3) is 0 Å². The Balaban J connectivity index is 0.000000499. The maximum atomic E-state index is 12.4. The number of ketones is 1. The molecule has 5 fully saturated rings. The number of halogens is 1. The van der Waals surface area contributed by atoms with Crippen molar-refractivity contribution in [1.82, 2.24) is 0 Å². The van der Waals surface area contributed by atoms with Crippen LogP contribution in [0.5, 0.6) is 0 Å². The Kier molecular flexibility index (Phi) is 7.55. The van der Waals surface area contributed by atoms with Crippen molar-refractivity contribution in [3.63, 3.8) is 0 Å². The Morgan fingerprint density at radius 3 is 2.09 bits per heavy atom. The number of likely N-dealkylation sites (tertiary alicyclic amines) is 1. The number of quaternary nitrogens is 1. The molecule has 0 bridgehead atoms. The predicted octanol–water partition coefficient (Wildman–Crippen LogP) is 3.37. The number of Topliss-reactive ketones (excluding diaryl/α,β-unsaturated/α-hetero) is 1. The maximum absolute atomic E-state index is 12.4. The van der Waals surface area contributed by atoms with E-state index >= 15 is 0 Å². The molecule has 5 rings (SSSR count). The van der Waals surface area contributed by atoms with Gasteiger partial charge < -0.3 is 4.48 Å². The van der Waals surface area contributed by atoms with Gasteiger partial charge in [0.05, 0.1) is 26.2 Å². The van der Waals surface area contributed by atoms with Crippen LogP contribution in [-0.4, -0.2) is 50.4 Å². The van der Waals surface area contributed by atoms with Gasteiger partial charge in [0.25, 0.3) is 0 Å². The summed E-state index contributed by atoms with van der Waals surface area (Å²) in [7, 11) is -1.61. The topological polar surface area (TPSA) is 101 Å². The summed E-state index contributed by atoms with van der Waals surface area (Å²) in [6.07, 6.45) is 17.0. The second kappa shape index (κ2) is 9.57. The molecule has 0 amide bonds. The van der Waals surface area contributed by atoms with Crippen molar-refractivity contribution in [2.45, 2.75) is 104 Å². The fourth-order valence-corrected chi connectivity index (χ4v) is 10.1. The molecule has 0 aromatic rings. The molecule has 6 nitrogen and oxygen atoms in total. The van der Waals surface area contributed by atoms with E-state index in [1.54, 1.807) is 0 Å². The summed E-state index contributed by atoms with van der Waals surface area (Å²) in [6, 6.07) is 0.937. The van der Waals surface area contributed by atoms with Crippen LogP contribution in [0.4, 0.5) is 0 Å².